The van der Waals surface area contributed by atoms with Crippen molar-refractivity contribution in [3.8, 4) is 11.3 Å². The zero-order valence-corrected chi connectivity index (χ0v) is 22.8. The molecule has 0 spiro atoms. The number of carbonyl (C=O) groups is 1. The van der Waals surface area contributed by atoms with Gasteiger partial charge in [-0.1, -0.05) is 41.4 Å². The average Bonchev–Trinajstić information content (AvgIpc) is 3.52. The topological polar surface area (TPSA) is 119 Å². The molecule has 1 aromatic carbocycles. The van der Waals surface area contributed by atoms with Crippen LogP contribution in [-0.2, 0) is 16.9 Å². The van der Waals surface area contributed by atoms with E-state index >= 15 is 0 Å². The van der Waals surface area contributed by atoms with Crippen molar-refractivity contribution in [3.05, 3.63) is 75.2 Å². The fourth-order valence-electron chi connectivity index (χ4n) is 4.67. The highest BCUT2D eigenvalue weighted by Gasteiger charge is 2.38. The first-order valence-electron chi connectivity index (χ1n) is 12.1. The van der Waals surface area contributed by atoms with E-state index in [0.29, 0.717) is 63.3 Å². The highest BCUT2D eigenvalue weighted by molar-refractivity contribution is 7.18. The molecule has 2 N–H and O–H groups in total. The average molecular weight is 574 g/mol. The molecule has 1 unspecified atom stereocenters. The third-order valence-electron chi connectivity index (χ3n) is 6.93. The lowest BCUT2D eigenvalue weighted by Gasteiger charge is -2.34. The minimum absolute atomic E-state index is 0.0960. The fraction of sp³-hybridized carbons (Fsp3) is 0.333. The quantitative estimate of drug-likeness (QED) is 0.216. The van der Waals surface area contributed by atoms with Gasteiger partial charge in [0, 0.05) is 29.4 Å². The summed E-state index contributed by atoms with van der Waals surface area (Å²) in [5.74, 6) is -0.471. The van der Waals surface area contributed by atoms with Gasteiger partial charge in [-0.15, -0.1) is 17.9 Å². The van der Waals surface area contributed by atoms with Crippen LogP contribution in [0.15, 0.2) is 47.8 Å². The molecule has 1 atom stereocenters. The minimum Gasteiger partial charge on any atom is -0.478 e. The Labute approximate surface area is 232 Å². The van der Waals surface area contributed by atoms with E-state index in [2.05, 4.69) is 21.7 Å². The number of carboxylic acid groups (broad SMARTS) is 1. The van der Waals surface area contributed by atoms with Gasteiger partial charge in [-0.25, -0.2) is 9.78 Å². The first kappa shape index (κ1) is 26.8. The zero-order valence-electron chi connectivity index (χ0n) is 20.5. The molecule has 0 saturated heterocycles. The number of thiazole rings is 1. The molecule has 0 amide bonds. The van der Waals surface area contributed by atoms with Crippen LogP contribution in [0.25, 0.3) is 21.5 Å². The summed E-state index contributed by atoms with van der Waals surface area (Å²) in [5, 5.41) is 26.2. The van der Waals surface area contributed by atoms with Crippen LogP contribution < -0.4 is 0 Å². The van der Waals surface area contributed by atoms with Crippen molar-refractivity contribution in [3.63, 3.8) is 0 Å². The van der Waals surface area contributed by atoms with Crippen molar-refractivity contribution in [1.82, 2.24) is 15.1 Å². The number of rotatable bonds is 8. The molecule has 38 heavy (non-hydrogen) atoms. The molecule has 4 aromatic rings. The number of aromatic carboxylic acids is 1. The molecule has 0 bridgehead atoms. The lowest BCUT2D eigenvalue weighted by Crippen LogP contribution is -2.34. The summed E-state index contributed by atoms with van der Waals surface area (Å²) in [4.78, 5) is 19.9. The highest BCUT2D eigenvalue weighted by atomic mass is 35.5. The van der Waals surface area contributed by atoms with E-state index in [1.165, 1.54) is 29.8 Å². The Morgan fingerprint density at radius 2 is 2.03 bits per heavy atom. The first-order valence-corrected chi connectivity index (χ1v) is 13.7. The second-order valence-corrected chi connectivity index (χ2v) is 11.3. The van der Waals surface area contributed by atoms with Crippen LogP contribution >= 0.6 is 34.5 Å². The number of fused-ring (bicyclic) bond motifs is 1. The Kier molecular flexibility index (Phi) is 7.57. The van der Waals surface area contributed by atoms with Crippen molar-refractivity contribution in [1.29, 1.82) is 0 Å². The normalized spacial score (nSPS) is 20.5. The van der Waals surface area contributed by atoms with Crippen molar-refractivity contribution in [2.45, 2.75) is 56.8 Å². The fourth-order valence-corrected chi connectivity index (χ4v) is 6.36. The van der Waals surface area contributed by atoms with E-state index in [0.717, 1.165) is 10.3 Å². The lowest BCUT2D eigenvalue weighted by molar-refractivity contribution is -0.0641. The van der Waals surface area contributed by atoms with Crippen LogP contribution in [0.5, 0.6) is 0 Å². The second kappa shape index (κ2) is 10.7. The molecule has 1 saturated carbocycles. The van der Waals surface area contributed by atoms with Gasteiger partial charge in [0.05, 0.1) is 38.5 Å². The summed E-state index contributed by atoms with van der Waals surface area (Å²) in [7, 11) is 0. The van der Waals surface area contributed by atoms with E-state index < -0.39 is 11.6 Å². The number of pyridine rings is 1. The number of hydrogen-bond acceptors (Lipinski definition) is 8. The maximum absolute atomic E-state index is 11.4. The summed E-state index contributed by atoms with van der Waals surface area (Å²) >= 11 is 14.1. The van der Waals surface area contributed by atoms with Crippen LogP contribution in [0.1, 0.15) is 65.2 Å². The highest BCUT2D eigenvalue weighted by Crippen LogP contribution is 2.43. The molecule has 11 heteroatoms. The van der Waals surface area contributed by atoms with Crippen LogP contribution in [0.2, 0.25) is 10.0 Å². The number of aromatic nitrogens is 3. The molecule has 1 aliphatic rings. The van der Waals surface area contributed by atoms with Crippen molar-refractivity contribution >= 4 is 50.7 Å². The van der Waals surface area contributed by atoms with Gasteiger partial charge in [0.25, 0.3) is 0 Å². The molecule has 198 valence electrons. The summed E-state index contributed by atoms with van der Waals surface area (Å²) in [6, 6.07) is 4.79. The predicted octanol–water partition coefficient (Wildman–Crippen LogP) is 6.99. The van der Waals surface area contributed by atoms with Gasteiger partial charge in [-0.2, -0.15) is 0 Å². The number of hydrogen-bond donors (Lipinski definition) is 2. The summed E-state index contributed by atoms with van der Waals surface area (Å²) < 4.78 is 12.7. The van der Waals surface area contributed by atoms with Gasteiger partial charge >= 0.3 is 5.97 Å². The number of allylic oxidation sites excluding steroid dienone is 1. The smallest absolute Gasteiger partial charge is 0.335 e. The first-order chi connectivity index (χ1) is 18.2. The Morgan fingerprint density at radius 3 is 2.68 bits per heavy atom. The lowest BCUT2D eigenvalue weighted by atomic mass is 9.83. The summed E-state index contributed by atoms with van der Waals surface area (Å²) in [6.45, 7) is 6.05. The maximum atomic E-state index is 11.4. The van der Waals surface area contributed by atoms with Gasteiger partial charge in [0.2, 0.25) is 0 Å². The number of nitrogens with zero attached hydrogens (tertiary/aromatic N) is 3. The van der Waals surface area contributed by atoms with Gasteiger partial charge in [-0.3, -0.25) is 4.98 Å². The molecule has 0 aliphatic heterocycles. The molecule has 0 radical (unpaired) electrons. The Hall–Kier alpha value is -2.82. The molecule has 3 aromatic heterocycles. The van der Waals surface area contributed by atoms with Crippen molar-refractivity contribution < 1.29 is 24.3 Å². The van der Waals surface area contributed by atoms with E-state index in [4.69, 9.17) is 32.5 Å². The molecule has 1 fully saturated rings. The Balaban J connectivity index is 1.32. The molecule has 1 aliphatic carbocycles. The third-order valence-corrected chi connectivity index (χ3v) is 8.72. The number of halogens is 2. The standard InChI is InChI=1S/C27H25Cl2N3O5S/c1-3-14(2)24-17(23(32-37-24)22-18(28)11-30-12-19(22)29)13-36-16-6-8-27(35,9-7-16)26-31-20-5-4-15(25(33)34)10-21(20)38-26/h3-5,10-12,14,16,35H,1,6-9,13H2,2H3,(H,33,34)/t14?,16-,27+. The van der Waals surface area contributed by atoms with E-state index in [9.17, 15) is 15.0 Å². The molecule has 3 heterocycles. The summed E-state index contributed by atoms with van der Waals surface area (Å²) in [5.41, 5.74) is 1.58. The Bertz CT molecular complexity index is 1490. The van der Waals surface area contributed by atoms with E-state index in [-0.39, 0.29) is 24.2 Å². The molecular weight excluding hydrogens is 549 g/mol. The third kappa shape index (κ3) is 5.09. The number of benzene rings is 1. The monoisotopic (exact) mass is 573 g/mol. The number of aliphatic hydroxyl groups is 1. The van der Waals surface area contributed by atoms with Crippen molar-refractivity contribution in [2.24, 2.45) is 0 Å². The van der Waals surface area contributed by atoms with Gasteiger partial charge in [-0.05, 0) is 43.9 Å². The van der Waals surface area contributed by atoms with Crippen LogP contribution in [0.3, 0.4) is 0 Å². The predicted molar refractivity (Wildman–Crippen MR) is 146 cm³/mol. The maximum Gasteiger partial charge on any atom is 0.335 e. The minimum atomic E-state index is -1.09. The van der Waals surface area contributed by atoms with Gasteiger partial charge < -0.3 is 19.5 Å². The molecule has 5 rings (SSSR count). The van der Waals surface area contributed by atoms with Crippen LogP contribution in [0.4, 0.5) is 0 Å². The molecular formula is C27H25Cl2N3O5S. The van der Waals surface area contributed by atoms with E-state index in [1.54, 1.807) is 18.2 Å². The summed E-state index contributed by atoms with van der Waals surface area (Å²) in [6.07, 6.45) is 6.86. The zero-order chi connectivity index (χ0) is 27.0. The number of carboxylic acids is 1. The van der Waals surface area contributed by atoms with Gasteiger partial charge in [0.15, 0.2) is 0 Å². The number of ether oxygens (including phenoxy) is 1. The molecule has 8 nitrogen and oxygen atoms in total. The van der Waals surface area contributed by atoms with Crippen LogP contribution in [-0.4, -0.2) is 37.4 Å². The Morgan fingerprint density at radius 1 is 1.32 bits per heavy atom. The van der Waals surface area contributed by atoms with Crippen LogP contribution in [0, 0.1) is 0 Å². The van der Waals surface area contributed by atoms with E-state index in [1.807, 2.05) is 6.92 Å². The largest absolute Gasteiger partial charge is 0.478 e. The second-order valence-electron chi connectivity index (χ2n) is 9.43. The van der Waals surface area contributed by atoms with Gasteiger partial charge in [0.1, 0.15) is 22.1 Å². The van der Waals surface area contributed by atoms with Crippen molar-refractivity contribution in [2.75, 3.05) is 0 Å². The SMILES string of the molecule is C=CC(C)c1onc(-c2c(Cl)cncc2Cl)c1CO[C@H]1CC[C@](O)(c2nc3ccc(C(=O)O)cc3s2)CC1.